The van der Waals surface area contributed by atoms with Crippen LogP contribution in [0.5, 0.6) is 0 Å². The molecule has 1 heterocycles. The number of nitrogens with zero attached hydrogens (tertiary/aromatic N) is 6. The van der Waals surface area contributed by atoms with Crippen molar-refractivity contribution in [2.45, 2.75) is 0 Å². The minimum Gasteiger partial charge on any atom is -0.243 e. The van der Waals surface area contributed by atoms with Gasteiger partial charge < -0.3 is 0 Å². The summed E-state index contributed by atoms with van der Waals surface area (Å²) in [7, 11) is 0. The van der Waals surface area contributed by atoms with Crippen molar-refractivity contribution >= 4 is 36.3 Å². The van der Waals surface area contributed by atoms with Crippen molar-refractivity contribution in [2.75, 3.05) is 6.54 Å². The lowest BCUT2D eigenvalue weighted by Gasteiger charge is -2.32. The zero-order chi connectivity index (χ0) is 16.0. The lowest BCUT2D eigenvalue weighted by Crippen LogP contribution is -2.68. The molecule has 1 rings (SSSR count). The zero-order valence-corrected chi connectivity index (χ0v) is 10.1. The monoisotopic (exact) mass is 293 g/mol. The lowest BCUT2D eigenvalue weighted by molar-refractivity contribution is -0.777. The van der Waals surface area contributed by atoms with E-state index >= 15 is 0 Å². The number of hydrogen-bond acceptors (Lipinski definition) is 9. The van der Waals surface area contributed by atoms with Crippen molar-refractivity contribution in [3.05, 3.63) is 12.7 Å². The highest BCUT2D eigenvalue weighted by molar-refractivity contribution is 6.05. The summed E-state index contributed by atoms with van der Waals surface area (Å²) < 4.78 is -1.70. The molecule has 1 fully saturated rings. The van der Waals surface area contributed by atoms with Gasteiger partial charge in [0.25, 0.3) is 18.2 Å². The Morgan fingerprint density at radius 2 is 1.48 bits per heavy atom. The number of hydrogen-bond donors (Lipinski definition) is 0. The van der Waals surface area contributed by atoms with Gasteiger partial charge in [0, 0.05) is 5.10 Å². The number of amides is 6. The first-order valence-corrected chi connectivity index (χ1v) is 4.97. The smallest absolute Gasteiger partial charge is 0.243 e. The average molecular weight is 293 g/mol. The molecule has 1 aliphatic rings. The highest BCUT2D eigenvalue weighted by atomic mass is 16.3. The number of quaternary nitrogens is 1. The molecular formula is C9H5N6O6+. The molecule has 0 N–H and O–H groups in total. The van der Waals surface area contributed by atoms with Crippen molar-refractivity contribution in [1.29, 1.82) is 0 Å². The van der Waals surface area contributed by atoms with Crippen LogP contribution in [-0.2, 0) is 14.4 Å². The third kappa shape index (κ3) is 2.32. The standard InChI is InChI=1S/C9H5N6O6/c1-2-3-15(12-6-18)8(20)13(10-4-16)7(19)14(9(15)21)11-5-17/h2H,1,3H2/q+1. The highest BCUT2D eigenvalue weighted by Gasteiger charge is 2.61. The first-order chi connectivity index (χ1) is 9.99. The fraction of sp³-hybridized carbons (Fsp3) is 0.111. The summed E-state index contributed by atoms with van der Waals surface area (Å²) in [5.74, 6) is 0. The van der Waals surface area contributed by atoms with Gasteiger partial charge in [0.1, 0.15) is 6.54 Å². The minimum atomic E-state index is -1.70. The molecule has 0 aromatic heterocycles. The zero-order valence-electron chi connectivity index (χ0n) is 10.1. The maximum Gasteiger partial charge on any atom is 0.485 e. The number of urea groups is 3. The fourth-order valence-electron chi connectivity index (χ4n) is 1.44. The molecule has 0 bridgehead atoms. The van der Waals surface area contributed by atoms with E-state index in [0.29, 0.717) is 0 Å². The maximum absolute atomic E-state index is 12.1. The molecule has 0 aromatic carbocycles. The van der Waals surface area contributed by atoms with Gasteiger partial charge in [-0.25, -0.2) is 28.8 Å². The maximum atomic E-state index is 12.1. The Labute approximate surface area is 115 Å². The van der Waals surface area contributed by atoms with Gasteiger partial charge in [0.15, 0.2) is 0 Å². The van der Waals surface area contributed by atoms with E-state index in [0.717, 1.165) is 24.3 Å². The fourth-order valence-corrected chi connectivity index (χ4v) is 1.44. The lowest BCUT2D eigenvalue weighted by atomic mass is 10.4. The van der Waals surface area contributed by atoms with Crippen molar-refractivity contribution < 1.29 is 33.4 Å². The van der Waals surface area contributed by atoms with Gasteiger partial charge in [-0.15, -0.1) is 0 Å². The Kier molecular flexibility index (Phi) is 4.48. The molecule has 0 radical (unpaired) electrons. The summed E-state index contributed by atoms with van der Waals surface area (Å²) in [6.45, 7) is 2.68. The van der Waals surface area contributed by atoms with Crippen LogP contribution in [0, 0.1) is 0 Å². The molecule has 6 amide bonds. The minimum absolute atomic E-state index is 0.125. The molecular weight excluding hydrogens is 288 g/mol. The average Bonchev–Trinajstić information content (AvgIpc) is 2.46. The molecule has 0 unspecified atom stereocenters. The summed E-state index contributed by atoms with van der Waals surface area (Å²) in [6, 6.07) is -4.46. The number of imide groups is 3. The first kappa shape index (κ1) is 15.5. The summed E-state index contributed by atoms with van der Waals surface area (Å²) in [5.41, 5.74) is 0. The van der Waals surface area contributed by atoms with E-state index in [9.17, 15) is 28.8 Å². The van der Waals surface area contributed by atoms with Crippen molar-refractivity contribution in [1.82, 2.24) is 10.0 Å². The number of carbonyl (C=O) groups excluding carboxylic acids is 6. The van der Waals surface area contributed by atoms with Gasteiger partial charge in [-0.05, 0) is 10.7 Å². The van der Waals surface area contributed by atoms with Crippen molar-refractivity contribution in [3.8, 4) is 0 Å². The van der Waals surface area contributed by atoms with Gasteiger partial charge in [0.05, 0.1) is 0 Å². The highest BCUT2D eigenvalue weighted by Crippen LogP contribution is 2.25. The summed E-state index contributed by atoms with van der Waals surface area (Å²) in [5, 5.41) is 8.32. The quantitative estimate of drug-likeness (QED) is 0.295. The SMILES string of the molecule is C=CC[N+]1(N=C=O)C(=O)N(N=C=O)C(=O)N(N=C=O)C1=O. The molecule has 106 valence electrons. The van der Waals surface area contributed by atoms with Crippen LogP contribution in [0.25, 0.3) is 0 Å². The van der Waals surface area contributed by atoms with Gasteiger partial charge in [-0.3, -0.25) is 0 Å². The Bertz CT molecular complexity index is 626. The van der Waals surface area contributed by atoms with Crippen LogP contribution in [0.15, 0.2) is 28.0 Å². The van der Waals surface area contributed by atoms with Crippen LogP contribution >= 0.6 is 0 Å². The number of isocyanates is 3. The normalized spacial score (nSPS) is 21.0. The van der Waals surface area contributed by atoms with Gasteiger partial charge in [0.2, 0.25) is 0 Å². The molecule has 1 aliphatic heterocycles. The Morgan fingerprint density at radius 3 is 1.81 bits per heavy atom. The number of hydrazone groups is 2. The second-order valence-corrected chi connectivity index (χ2v) is 3.29. The Balaban J connectivity index is 3.64. The van der Waals surface area contributed by atoms with E-state index in [2.05, 4.69) is 21.9 Å². The Hall–Kier alpha value is -3.55. The van der Waals surface area contributed by atoms with Crippen LogP contribution in [0.1, 0.15) is 0 Å². The van der Waals surface area contributed by atoms with Crippen LogP contribution in [0.2, 0.25) is 0 Å². The van der Waals surface area contributed by atoms with E-state index in [-0.39, 0.29) is 10.0 Å². The van der Waals surface area contributed by atoms with Crippen LogP contribution in [-0.4, -0.2) is 57.5 Å². The topological polar surface area (TPSA) is 146 Å². The second-order valence-electron chi connectivity index (χ2n) is 3.29. The summed E-state index contributed by atoms with van der Waals surface area (Å²) in [4.78, 5) is 66.9. The predicted octanol–water partition coefficient (Wildman–Crippen LogP) is -0.281. The molecule has 0 saturated carbocycles. The molecule has 12 heteroatoms. The van der Waals surface area contributed by atoms with Gasteiger partial charge >= 0.3 is 18.1 Å². The van der Waals surface area contributed by atoms with Crippen molar-refractivity contribution in [3.63, 3.8) is 0 Å². The molecule has 0 spiro atoms. The second kappa shape index (κ2) is 6.06. The molecule has 0 atom stereocenters. The number of carbonyl (C=O) groups is 3. The molecule has 21 heavy (non-hydrogen) atoms. The third-order valence-electron chi connectivity index (χ3n) is 2.24. The Morgan fingerprint density at radius 1 is 1.00 bits per heavy atom. The van der Waals surface area contributed by atoms with Crippen LogP contribution < -0.4 is 0 Å². The first-order valence-electron chi connectivity index (χ1n) is 4.97. The van der Waals surface area contributed by atoms with Crippen LogP contribution in [0.4, 0.5) is 14.4 Å². The molecule has 12 nitrogen and oxygen atoms in total. The number of rotatable bonds is 5. The van der Waals surface area contributed by atoms with Crippen LogP contribution in [0.3, 0.4) is 0 Å². The van der Waals surface area contributed by atoms with E-state index < -0.39 is 29.2 Å². The van der Waals surface area contributed by atoms with Gasteiger partial charge in [-0.1, -0.05) is 26.8 Å². The van der Waals surface area contributed by atoms with E-state index in [4.69, 9.17) is 0 Å². The molecule has 0 aromatic rings. The summed E-state index contributed by atoms with van der Waals surface area (Å²) in [6.07, 6.45) is 3.81. The van der Waals surface area contributed by atoms with Gasteiger partial charge in [-0.2, -0.15) is 0 Å². The van der Waals surface area contributed by atoms with E-state index in [1.165, 1.54) is 0 Å². The summed E-state index contributed by atoms with van der Waals surface area (Å²) >= 11 is 0. The molecule has 1 saturated heterocycles. The molecule has 0 aliphatic carbocycles. The van der Waals surface area contributed by atoms with Crippen molar-refractivity contribution in [2.24, 2.45) is 15.3 Å². The largest absolute Gasteiger partial charge is 0.485 e. The van der Waals surface area contributed by atoms with E-state index in [1.54, 1.807) is 0 Å². The third-order valence-corrected chi connectivity index (χ3v) is 2.24. The van der Waals surface area contributed by atoms with E-state index in [1.807, 2.05) is 0 Å². The predicted molar refractivity (Wildman–Crippen MR) is 59.6 cm³/mol.